The Hall–Kier alpha value is -1.69. The SMILES string of the molecule is NC1COC2(CCN(Cc3nccn3Cc3ccccc3)CC2)C1. The van der Waals surface area contributed by atoms with Crippen LogP contribution in [0.5, 0.6) is 0 Å². The maximum atomic E-state index is 6.03. The highest BCUT2D eigenvalue weighted by Gasteiger charge is 2.41. The molecule has 2 saturated heterocycles. The number of piperidine rings is 1. The quantitative estimate of drug-likeness (QED) is 0.934. The number of hydrogen-bond donors (Lipinski definition) is 1. The first kappa shape index (κ1) is 15.8. The fraction of sp³-hybridized carbons (Fsp3) is 0.526. The van der Waals surface area contributed by atoms with E-state index in [-0.39, 0.29) is 11.6 Å². The van der Waals surface area contributed by atoms with Crippen molar-refractivity contribution in [2.24, 2.45) is 5.73 Å². The number of benzene rings is 1. The smallest absolute Gasteiger partial charge is 0.123 e. The van der Waals surface area contributed by atoms with Crippen LogP contribution in [-0.4, -0.2) is 45.8 Å². The lowest BCUT2D eigenvalue weighted by molar-refractivity contribution is -0.0453. The molecule has 1 unspecified atom stereocenters. The minimum Gasteiger partial charge on any atom is -0.373 e. The summed E-state index contributed by atoms with van der Waals surface area (Å²) in [7, 11) is 0. The van der Waals surface area contributed by atoms with Crippen LogP contribution in [0.4, 0.5) is 0 Å². The molecular formula is C19H26N4O. The maximum Gasteiger partial charge on any atom is 0.123 e. The molecule has 0 amide bonds. The molecule has 1 atom stereocenters. The summed E-state index contributed by atoms with van der Waals surface area (Å²) < 4.78 is 8.26. The van der Waals surface area contributed by atoms with Gasteiger partial charge in [-0.05, 0) is 24.8 Å². The maximum absolute atomic E-state index is 6.03. The van der Waals surface area contributed by atoms with Crippen LogP contribution in [0.25, 0.3) is 0 Å². The number of imidazole rings is 1. The van der Waals surface area contributed by atoms with Crippen LogP contribution >= 0.6 is 0 Å². The predicted molar refractivity (Wildman–Crippen MR) is 93.6 cm³/mol. The topological polar surface area (TPSA) is 56.3 Å². The van der Waals surface area contributed by atoms with E-state index in [0.29, 0.717) is 0 Å². The highest BCUT2D eigenvalue weighted by atomic mass is 16.5. The van der Waals surface area contributed by atoms with Gasteiger partial charge in [0.05, 0.1) is 18.8 Å². The van der Waals surface area contributed by atoms with Crippen LogP contribution in [0.1, 0.15) is 30.7 Å². The fourth-order valence-corrected chi connectivity index (χ4v) is 3.96. The zero-order valence-electron chi connectivity index (χ0n) is 14.1. The van der Waals surface area contributed by atoms with E-state index in [0.717, 1.165) is 57.9 Å². The molecule has 0 aliphatic carbocycles. The second-order valence-corrected chi connectivity index (χ2v) is 7.19. The van der Waals surface area contributed by atoms with Gasteiger partial charge in [0, 0.05) is 38.1 Å². The Kier molecular flexibility index (Phi) is 4.39. The number of hydrogen-bond acceptors (Lipinski definition) is 4. The highest BCUT2D eigenvalue weighted by molar-refractivity contribution is 5.15. The van der Waals surface area contributed by atoms with E-state index in [1.54, 1.807) is 0 Å². The van der Waals surface area contributed by atoms with Crippen LogP contribution in [0, 0.1) is 0 Å². The molecule has 1 aromatic carbocycles. The molecule has 24 heavy (non-hydrogen) atoms. The second kappa shape index (κ2) is 6.67. The van der Waals surface area contributed by atoms with Crippen LogP contribution < -0.4 is 5.73 Å². The van der Waals surface area contributed by atoms with Gasteiger partial charge in [-0.2, -0.15) is 0 Å². The molecule has 5 nitrogen and oxygen atoms in total. The van der Waals surface area contributed by atoms with Crippen molar-refractivity contribution >= 4 is 0 Å². The third-order valence-electron chi connectivity index (χ3n) is 5.37. The summed E-state index contributed by atoms with van der Waals surface area (Å²) in [5, 5.41) is 0. The van der Waals surface area contributed by atoms with Crippen LogP contribution in [0.3, 0.4) is 0 Å². The monoisotopic (exact) mass is 326 g/mol. The van der Waals surface area contributed by atoms with Crippen molar-refractivity contribution in [1.82, 2.24) is 14.5 Å². The molecule has 1 spiro atoms. The van der Waals surface area contributed by atoms with E-state index < -0.39 is 0 Å². The van der Waals surface area contributed by atoms with E-state index in [1.165, 1.54) is 5.56 Å². The number of nitrogens with zero attached hydrogens (tertiary/aromatic N) is 3. The van der Waals surface area contributed by atoms with Crippen molar-refractivity contribution in [2.75, 3.05) is 19.7 Å². The largest absolute Gasteiger partial charge is 0.373 e. The van der Waals surface area contributed by atoms with Crippen LogP contribution in [0.15, 0.2) is 42.7 Å². The third-order valence-corrected chi connectivity index (χ3v) is 5.37. The molecule has 0 saturated carbocycles. The van der Waals surface area contributed by atoms with Gasteiger partial charge in [-0.1, -0.05) is 30.3 Å². The predicted octanol–water partition coefficient (Wildman–Crippen LogP) is 2.01. The molecule has 2 aliphatic rings. The van der Waals surface area contributed by atoms with Crippen LogP contribution in [0.2, 0.25) is 0 Å². The molecule has 0 radical (unpaired) electrons. The Labute approximate surface area is 143 Å². The molecule has 3 heterocycles. The van der Waals surface area contributed by atoms with Gasteiger partial charge in [0.2, 0.25) is 0 Å². The molecule has 128 valence electrons. The van der Waals surface area contributed by atoms with Gasteiger partial charge in [-0.25, -0.2) is 4.98 Å². The van der Waals surface area contributed by atoms with E-state index in [4.69, 9.17) is 10.5 Å². The molecule has 0 bridgehead atoms. The van der Waals surface area contributed by atoms with E-state index in [1.807, 2.05) is 6.20 Å². The van der Waals surface area contributed by atoms with E-state index in [9.17, 15) is 0 Å². The highest BCUT2D eigenvalue weighted by Crippen LogP contribution is 2.35. The minimum absolute atomic E-state index is 0.0510. The average molecular weight is 326 g/mol. The summed E-state index contributed by atoms with van der Waals surface area (Å²) in [4.78, 5) is 7.07. The van der Waals surface area contributed by atoms with E-state index in [2.05, 4.69) is 51.0 Å². The fourth-order valence-electron chi connectivity index (χ4n) is 3.96. The van der Waals surface area contributed by atoms with Gasteiger partial charge in [-0.15, -0.1) is 0 Å². The summed E-state index contributed by atoms with van der Waals surface area (Å²) in [5.74, 6) is 1.14. The molecule has 2 aliphatic heterocycles. The van der Waals surface area contributed by atoms with E-state index >= 15 is 0 Å². The normalized spacial score (nSPS) is 23.8. The molecule has 4 rings (SSSR count). The van der Waals surface area contributed by atoms with Gasteiger partial charge in [0.15, 0.2) is 0 Å². The van der Waals surface area contributed by atoms with Crippen LogP contribution in [-0.2, 0) is 17.8 Å². The van der Waals surface area contributed by atoms with Crippen molar-refractivity contribution in [2.45, 2.75) is 44.0 Å². The third kappa shape index (κ3) is 3.38. The van der Waals surface area contributed by atoms with Crippen molar-refractivity contribution in [3.8, 4) is 0 Å². The van der Waals surface area contributed by atoms with Crippen molar-refractivity contribution < 1.29 is 4.74 Å². The number of ether oxygens (including phenoxy) is 1. The lowest BCUT2D eigenvalue weighted by Gasteiger charge is -2.38. The molecule has 2 fully saturated rings. The number of likely N-dealkylation sites (tertiary alicyclic amines) is 1. The standard InChI is InChI=1S/C19H26N4O/c20-17-12-19(24-15-17)6-9-22(10-7-19)14-18-21-8-11-23(18)13-16-4-2-1-3-5-16/h1-5,8,11,17H,6-7,9-10,12-15,20H2. The zero-order valence-corrected chi connectivity index (χ0v) is 14.1. The Morgan fingerprint density at radius 2 is 1.96 bits per heavy atom. The molecular weight excluding hydrogens is 300 g/mol. The number of rotatable bonds is 4. The molecule has 2 aromatic rings. The first-order chi connectivity index (χ1) is 11.7. The first-order valence-electron chi connectivity index (χ1n) is 8.88. The lowest BCUT2D eigenvalue weighted by Crippen LogP contribution is -2.44. The van der Waals surface area contributed by atoms with Crippen molar-refractivity contribution in [3.63, 3.8) is 0 Å². The molecule has 2 N–H and O–H groups in total. The summed E-state index contributed by atoms with van der Waals surface area (Å²) >= 11 is 0. The zero-order chi connectivity index (χ0) is 16.4. The molecule has 1 aromatic heterocycles. The summed E-state index contributed by atoms with van der Waals surface area (Å²) in [6.45, 7) is 4.63. The first-order valence-corrected chi connectivity index (χ1v) is 8.88. The number of nitrogens with two attached hydrogens (primary N) is 1. The van der Waals surface area contributed by atoms with Crippen molar-refractivity contribution in [3.05, 3.63) is 54.1 Å². The van der Waals surface area contributed by atoms with Gasteiger partial charge in [0.25, 0.3) is 0 Å². The second-order valence-electron chi connectivity index (χ2n) is 7.19. The summed E-state index contributed by atoms with van der Waals surface area (Å²) in [6.07, 6.45) is 7.17. The Morgan fingerprint density at radius 1 is 1.17 bits per heavy atom. The van der Waals surface area contributed by atoms with Gasteiger partial charge < -0.3 is 15.0 Å². The van der Waals surface area contributed by atoms with Gasteiger partial charge in [0.1, 0.15) is 5.82 Å². The lowest BCUT2D eigenvalue weighted by atomic mass is 9.87. The average Bonchev–Trinajstić information content (AvgIpc) is 3.18. The van der Waals surface area contributed by atoms with Crippen molar-refractivity contribution in [1.29, 1.82) is 0 Å². The Balaban J connectivity index is 1.36. The Bertz CT molecular complexity index is 661. The summed E-state index contributed by atoms with van der Waals surface area (Å²) in [5.41, 5.74) is 7.38. The number of aromatic nitrogens is 2. The molecule has 5 heteroatoms. The minimum atomic E-state index is 0.0510. The van der Waals surface area contributed by atoms with Gasteiger partial charge >= 0.3 is 0 Å². The Morgan fingerprint density at radius 3 is 2.67 bits per heavy atom. The summed E-state index contributed by atoms with van der Waals surface area (Å²) in [6, 6.07) is 10.8. The van der Waals surface area contributed by atoms with Gasteiger partial charge in [-0.3, -0.25) is 4.90 Å².